The largest absolute Gasteiger partial charge is 0.383 e. The van der Waals surface area contributed by atoms with Gasteiger partial charge in [-0.15, -0.1) is 10.6 Å². The van der Waals surface area contributed by atoms with Gasteiger partial charge in [0.25, 0.3) is 0 Å². The molecule has 0 saturated heterocycles. The van der Waals surface area contributed by atoms with Gasteiger partial charge in [-0.1, -0.05) is 6.07 Å². The summed E-state index contributed by atoms with van der Waals surface area (Å²) in [5.74, 6) is 0.507. The van der Waals surface area contributed by atoms with E-state index in [1.54, 1.807) is 18.5 Å². The number of amidine groups is 1. The van der Waals surface area contributed by atoms with E-state index in [4.69, 9.17) is 5.73 Å². The van der Waals surface area contributed by atoms with Crippen molar-refractivity contribution in [1.82, 2.24) is 31.4 Å². The fourth-order valence-electron chi connectivity index (χ4n) is 3.44. The Labute approximate surface area is 171 Å². The predicted octanol–water partition coefficient (Wildman–Crippen LogP) is 2.66. The van der Waals surface area contributed by atoms with E-state index in [9.17, 15) is 4.39 Å². The minimum Gasteiger partial charge on any atom is -0.383 e. The third-order valence-corrected chi connectivity index (χ3v) is 4.97. The smallest absolute Gasteiger partial charge is 0.174 e. The molecule has 0 bridgehead atoms. The summed E-state index contributed by atoms with van der Waals surface area (Å²) in [6.45, 7) is 1.94. The van der Waals surface area contributed by atoms with Crippen molar-refractivity contribution < 1.29 is 4.39 Å². The number of hydrazine groups is 2. The molecule has 0 aliphatic carbocycles. The van der Waals surface area contributed by atoms with Crippen LogP contribution in [0.25, 0.3) is 33.3 Å². The molecule has 8 nitrogen and oxygen atoms in total. The highest BCUT2D eigenvalue weighted by Crippen LogP contribution is 2.35. The van der Waals surface area contributed by atoms with Crippen LogP contribution >= 0.6 is 0 Å². The zero-order valence-electron chi connectivity index (χ0n) is 15.9. The molecule has 5 N–H and O–H groups in total. The standard InChI is InChI=1S/C21H17FN8/c1-11-15-8-13(4-7-18(15)25-10-24-11)16-9-17(21-27-29-30-28-21)20(23)26-19(16)12-2-5-14(22)6-3-12/h2-10,29-30H,1H3,(H2,23,26)(H,27,28). The number of nitrogens with zero attached hydrogens (tertiary/aromatic N) is 4. The number of nitrogens with two attached hydrogens (primary N) is 1. The summed E-state index contributed by atoms with van der Waals surface area (Å²) in [5, 5.41) is 5.08. The number of fused-ring (bicyclic) bond motifs is 1. The molecule has 3 heterocycles. The van der Waals surface area contributed by atoms with Gasteiger partial charge >= 0.3 is 0 Å². The first-order valence-electron chi connectivity index (χ1n) is 9.22. The van der Waals surface area contributed by atoms with Gasteiger partial charge in [0.1, 0.15) is 18.0 Å². The second-order valence-corrected chi connectivity index (χ2v) is 6.84. The first-order valence-corrected chi connectivity index (χ1v) is 9.22. The van der Waals surface area contributed by atoms with Crippen molar-refractivity contribution in [2.24, 2.45) is 5.10 Å². The second-order valence-electron chi connectivity index (χ2n) is 6.84. The van der Waals surface area contributed by atoms with Gasteiger partial charge in [-0.3, -0.25) is 5.43 Å². The molecule has 0 saturated carbocycles. The van der Waals surface area contributed by atoms with Crippen LogP contribution in [0.1, 0.15) is 11.3 Å². The second kappa shape index (κ2) is 7.05. The van der Waals surface area contributed by atoms with Crippen LogP contribution in [0.15, 0.2) is 60.0 Å². The number of rotatable bonds is 3. The van der Waals surface area contributed by atoms with Crippen molar-refractivity contribution in [2.45, 2.75) is 6.92 Å². The Morgan fingerprint density at radius 2 is 1.73 bits per heavy atom. The summed E-state index contributed by atoms with van der Waals surface area (Å²) in [5.41, 5.74) is 20.0. The van der Waals surface area contributed by atoms with Crippen LogP contribution in [-0.4, -0.2) is 20.8 Å². The molecule has 9 heteroatoms. The number of hydrogen-bond donors (Lipinski definition) is 4. The molecule has 30 heavy (non-hydrogen) atoms. The van der Waals surface area contributed by atoms with E-state index in [2.05, 4.69) is 36.5 Å². The summed E-state index contributed by atoms with van der Waals surface area (Å²) < 4.78 is 13.5. The van der Waals surface area contributed by atoms with E-state index in [0.717, 1.165) is 33.3 Å². The van der Waals surface area contributed by atoms with Gasteiger partial charge in [-0.2, -0.15) is 0 Å². The Kier molecular flexibility index (Phi) is 4.22. The molecule has 0 fully saturated rings. The lowest BCUT2D eigenvalue weighted by Gasteiger charge is -2.15. The molecule has 5 rings (SSSR count). The van der Waals surface area contributed by atoms with Gasteiger partial charge in [0.05, 0.1) is 16.8 Å². The Bertz CT molecular complexity index is 1300. The maximum absolute atomic E-state index is 13.5. The highest BCUT2D eigenvalue weighted by molar-refractivity contribution is 6.05. The minimum absolute atomic E-state index is 0.301. The SMILES string of the molecule is Cc1ncnc2ccc(-c3cc(C4=NNNN4)c(N)nc3-c3ccc(F)cc3)cc12. The minimum atomic E-state index is -0.315. The predicted molar refractivity (Wildman–Crippen MR) is 113 cm³/mol. The lowest BCUT2D eigenvalue weighted by atomic mass is 9.96. The van der Waals surface area contributed by atoms with Crippen LogP contribution in [0, 0.1) is 12.7 Å². The number of anilines is 1. The highest BCUT2D eigenvalue weighted by atomic mass is 19.1. The van der Waals surface area contributed by atoms with Crippen LogP contribution in [0.2, 0.25) is 0 Å². The normalized spacial score (nSPS) is 13.1. The first-order chi connectivity index (χ1) is 14.6. The summed E-state index contributed by atoms with van der Waals surface area (Å²) in [4.78, 5) is 13.3. The highest BCUT2D eigenvalue weighted by Gasteiger charge is 2.19. The van der Waals surface area contributed by atoms with E-state index >= 15 is 0 Å². The summed E-state index contributed by atoms with van der Waals surface area (Å²) in [7, 11) is 0. The summed E-state index contributed by atoms with van der Waals surface area (Å²) in [6.07, 6.45) is 1.55. The Morgan fingerprint density at radius 1 is 0.933 bits per heavy atom. The number of benzene rings is 2. The van der Waals surface area contributed by atoms with E-state index in [0.29, 0.717) is 22.9 Å². The van der Waals surface area contributed by atoms with E-state index in [-0.39, 0.29) is 5.82 Å². The Morgan fingerprint density at radius 3 is 2.50 bits per heavy atom. The molecule has 148 valence electrons. The lowest BCUT2D eigenvalue weighted by molar-refractivity contribution is 0.577. The van der Waals surface area contributed by atoms with Crippen molar-refractivity contribution in [3.8, 4) is 22.4 Å². The van der Waals surface area contributed by atoms with Crippen LogP contribution in [-0.2, 0) is 0 Å². The molecular formula is C21H17FN8. The van der Waals surface area contributed by atoms with Crippen LogP contribution in [0.4, 0.5) is 10.2 Å². The van der Waals surface area contributed by atoms with Crippen molar-refractivity contribution in [1.29, 1.82) is 0 Å². The monoisotopic (exact) mass is 400 g/mol. The van der Waals surface area contributed by atoms with E-state index < -0.39 is 0 Å². The number of halogens is 1. The van der Waals surface area contributed by atoms with Gasteiger partial charge in [-0.25, -0.2) is 24.9 Å². The molecule has 0 radical (unpaired) electrons. The zero-order chi connectivity index (χ0) is 20.7. The fourth-order valence-corrected chi connectivity index (χ4v) is 3.44. The maximum atomic E-state index is 13.5. The average molecular weight is 400 g/mol. The molecule has 2 aromatic heterocycles. The van der Waals surface area contributed by atoms with Gasteiger partial charge in [-0.05, 0) is 55.0 Å². The third-order valence-electron chi connectivity index (χ3n) is 4.97. The number of hydrogen-bond acceptors (Lipinski definition) is 8. The van der Waals surface area contributed by atoms with Gasteiger partial charge in [0, 0.05) is 22.2 Å². The van der Waals surface area contributed by atoms with Gasteiger partial charge < -0.3 is 5.73 Å². The van der Waals surface area contributed by atoms with Crippen LogP contribution in [0.3, 0.4) is 0 Å². The van der Waals surface area contributed by atoms with Crippen molar-refractivity contribution in [2.75, 3.05) is 5.73 Å². The van der Waals surface area contributed by atoms with Crippen molar-refractivity contribution >= 4 is 22.6 Å². The van der Waals surface area contributed by atoms with Gasteiger partial charge in [0.15, 0.2) is 5.84 Å². The molecule has 1 aliphatic rings. The molecule has 4 aromatic rings. The number of nitrogens with one attached hydrogen (secondary N) is 3. The molecule has 0 atom stereocenters. The zero-order valence-corrected chi connectivity index (χ0v) is 15.9. The van der Waals surface area contributed by atoms with E-state index in [1.807, 2.05) is 31.2 Å². The van der Waals surface area contributed by atoms with Crippen molar-refractivity contribution in [3.63, 3.8) is 0 Å². The third kappa shape index (κ3) is 3.07. The van der Waals surface area contributed by atoms with Crippen LogP contribution < -0.4 is 22.2 Å². The maximum Gasteiger partial charge on any atom is 0.174 e. The average Bonchev–Trinajstić information content (AvgIpc) is 3.29. The topological polar surface area (TPSA) is 113 Å². The molecule has 0 amide bonds. The number of aromatic nitrogens is 3. The Balaban J connectivity index is 1.76. The number of hydrazone groups is 1. The number of nitrogen functional groups attached to an aromatic ring is 1. The van der Waals surface area contributed by atoms with Crippen LogP contribution in [0.5, 0.6) is 0 Å². The summed E-state index contributed by atoms with van der Waals surface area (Å²) >= 11 is 0. The van der Waals surface area contributed by atoms with Gasteiger partial charge in [0.2, 0.25) is 0 Å². The first kappa shape index (κ1) is 18.0. The Hall–Kier alpha value is -4.11. The molecule has 1 aliphatic heterocycles. The van der Waals surface area contributed by atoms with Crippen molar-refractivity contribution in [3.05, 3.63) is 71.9 Å². The summed E-state index contributed by atoms with van der Waals surface area (Å²) in [6, 6.07) is 14.0. The number of pyridine rings is 1. The van der Waals surface area contributed by atoms with E-state index in [1.165, 1.54) is 12.1 Å². The molecule has 2 aromatic carbocycles. The fraction of sp³-hybridized carbons (Fsp3) is 0.0476. The molecule has 0 spiro atoms. The molecule has 0 unspecified atom stereocenters. The quantitative estimate of drug-likeness (QED) is 0.418. The number of aryl methyl sites for hydroxylation is 1. The molecular weight excluding hydrogens is 383 g/mol. The lowest BCUT2D eigenvalue weighted by Crippen LogP contribution is -2.35.